The van der Waals surface area contributed by atoms with Gasteiger partial charge in [-0.2, -0.15) is 10.4 Å². The smallest absolute Gasteiger partial charge is 0.225 e. The number of nitrogens with one attached hydrogen (secondary N) is 1. The fourth-order valence-corrected chi connectivity index (χ4v) is 2.31. The number of nitriles is 1. The summed E-state index contributed by atoms with van der Waals surface area (Å²) in [6, 6.07) is 3.80. The molecule has 1 aliphatic heterocycles. The summed E-state index contributed by atoms with van der Waals surface area (Å²) in [4.78, 5) is 11.8. The van der Waals surface area contributed by atoms with E-state index in [1.54, 1.807) is 16.9 Å². The summed E-state index contributed by atoms with van der Waals surface area (Å²) < 4.78 is 7.33. The van der Waals surface area contributed by atoms with E-state index in [9.17, 15) is 4.79 Å². The van der Waals surface area contributed by atoms with Gasteiger partial charge in [0, 0.05) is 18.7 Å². The van der Waals surface area contributed by atoms with Crippen LogP contribution in [-0.4, -0.2) is 27.9 Å². The molecule has 0 aromatic carbocycles. The molecule has 1 aliphatic rings. The van der Waals surface area contributed by atoms with Crippen LogP contribution in [0.2, 0.25) is 0 Å². The first-order valence-corrected chi connectivity index (χ1v) is 7.03. The molecule has 1 fully saturated rings. The summed E-state index contributed by atoms with van der Waals surface area (Å²) in [5.41, 5.74) is 0. The molecule has 1 aromatic heterocycles. The van der Waals surface area contributed by atoms with Crippen LogP contribution < -0.4 is 5.32 Å². The lowest BCUT2D eigenvalue weighted by Crippen LogP contribution is -2.16. The van der Waals surface area contributed by atoms with Crippen LogP contribution in [0.15, 0.2) is 12.3 Å². The Hall–Kier alpha value is -1.87. The molecule has 2 atom stereocenters. The number of anilines is 1. The zero-order valence-corrected chi connectivity index (χ0v) is 11.7. The number of hydrogen-bond donors (Lipinski definition) is 1. The average Bonchev–Trinajstić information content (AvgIpc) is 3.03. The summed E-state index contributed by atoms with van der Waals surface area (Å²) in [7, 11) is 0. The van der Waals surface area contributed by atoms with E-state index in [0.717, 1.165) is 19.3 Å². The maximum absolute atomic E-state index is 11.8. The third-order valence-corrected chi connectivity index (χ3v) is 3.37. The molecule has 0 spiro atoms. The lowest BCUT2D eigenvalue weighted by molar-refractivity contribution is -0.116. The molecule has 6 heteroatoms. The van der Waals surface area contributed by atoms with Gasteiger partial charge in [0.2, 0.25) is 5.91 Å². The third kappa shape index (κ3) is 4.35. The maximum Gasteiger partial charge on any atom is 0.225 e. The second-order valence-corrected chi connectivity index (χ2v) is 5.11. The molecule has 0 saturated carbocycles. The van der Waals surface area contributed by atoms with Gasteiger partial charge in [0.25, 0.3) is 0 Å². The van der Waals surface area contributed by atoms with E-state index in [4.69, 9.17) is 10.00 Å². The first kappa shape index (κ1) is 14.5. The molecule has 20 heavy (non-hydrogen) atoms. The highest BCUT2D eigenvalue weighted by atomic mass is 16.5. The van der Waals surface area contributed by atoms with Crippen LogP contribution in [0.4, 0.5) is 5.82 Å². The molecule has 1 amide bonds. The number of aromatic nitrogens is 2. The summed E-state index contributed by atoms with van der Waals surface area (Å²) in [5.74, 6) is 0.493. The number of carbonyl (C=O) groups is 1. The van der Waals surface area contributed by atoms with Crippen molar-refractivity contribution in [1.29, 1.82) is 5.26 Å². The first-order chi connectivity index (χ1) is 9.67. The molecule has 0 unspecified atom stereocenters. The van der Waals surface area contributed by atoms with Crippen LogP contribution in [0, 0.1) is 11.3 Å². The fourth-order valence-electron chi connectivity index (χ4n) is 2.31. The number of ether oxygens (including phenoxy) is 1. The van der Waals surface area contributed by atoms with Crippen LogP contribution >= 0.6 is 0 Å². The summed E-state index contributed by atoms with van der Waals surface area (Å²) >= 11 is 0. The highest BCUT2D eigenvalue weighted by Crippen LogP contribution is 2.22. The van der Waals surface area contributed by atoms with Crippen LogP contribution in [0.3, 0.4) is 0 Å². The van der Waals surface area contributed by atoms with Gasteiger partial charge in [-0.1, -0.05) is 0 Å². The number of amides is 1. The SMILES string of the molecule is C[C@@H]1CC[C@H](CCC(=O)Nc2ccn(CCC#N)n2)O1. The topological polar surface area (TPSA) is 79.9 Å². The molecule has 1 saturated heterocycles. The van der Waals surface area contributed by atoms with Crippen molar-refractivity contribution in [3.63, 3.8) is 0 Å². The van der Waals surface area contributed by atoms with E-state index in [0.29, 0.717) is 31.3 Å². The Morgan fingerprint density at radius 1 is 1.65 bits per heavy atom. The van der Waals surface area contributed by atoms with Crippen molar-refractivity contribution >= 4 is 11.7 Å². The lowest BCUT2D eigenvalue weighted by Gasteiger charge is -2.10. The van der Waals surface area contributed by atoms with E-state index in [-0.39, 0.29) is 12.0 Å². The highest BCUT2D eigenvalue weighted by Gasteiger charge is 2.22. The number of aryl methyl sites for hydroxylation is 1. The Balaban J connectivity index is 1.71. The van der Waals surface area contributed by atoms with Crippen LogP contribution in [-0.2, 0) is 16.1 Å². The lowest BCUT2D eigenvalue weighted by atomic mass is 10.1. The molecule has 2 heterocycles. The Morgan fingerprint density at radius 2 is 2.50 bits per heavy atom. The minimum absolute atomic E-state index is 0.0429. The molecule has 108 valence electrons. The number of rotatable bonds is 6. The van der Waals surface area contributed by atoms with Crippen molar-refractivity contribution in [2.24, 2.45) is 0 Å². The molecule has 6 nitrogen and oxygen atoms in total. The van der Waals surface area contributed by atoms with Crippen LogP contribution in [0.25, 0.3) is 0 Å². The van der Waals surface area contributed by atoms with Gasteiger partial charge in [-0.05, 0) is 26.2 Å². The molecule has 0 bridgehead atoms. The number of carbonyl (C=O) groups excluding carboxylic acids is 1. The van der Waals surface area contributed by atoms with Gasteiger partial charge in [0.1, 0.15) is 0 Å². The number of nitrogens with zero attached hydrogens (tertiary/aromatic N) is 3. The second-order valence-electron chi connectivity index (χ2n) is 5.11. The summed E-state index contributed by atoms with van der Waals surface area (Å²) in [5, 5.41) is 15.4. The molecule has 0 radical (unpaired) electrons. The van der Waals surface area contributed by atoms with Gasteiger partial charge >= 0.3 is 0 Å². The minimum Gasteiger partial charge on any atom is -0.375 e. The van der Waals surface area contributed by atoms with Gasteiger partial charge in [-0.3, -0.25) is 9.48 Å². The molecule has 1 aromatic rings. The van der Waals surface area contributed by atoms with Crippen molar-refractivity contribution in [2.75, 3.05) is 5.32 Å². The number of hydrogen-bond acceptors (Lipinski definition) is 4. The zero-order valence-electron chi connectivity index (χ0n) is 11.7. The summed E-state index contributed by atoms with van der Waals surface area (Å²) in [6.07, 6.45) is 6.02. The molecular weight excluding hydrogens is 256 g/mol. The van der Waals surface area contributed by atoms with Gasteiger partial charge in [-0.25, -0.2) is 0 Å². The normalized spacial score (nSPS) is 21.6. The standard InChI is InChI=1S/C14H20N4O2/c1-11-3-4-12(20-11)5-6-14(19)16-13-7-10-18(17-13)9-2-8-15/h7,10-12H,2-6,9H2,1H3,(H,16,17,19)/t11-,12-/m1/s1. The Labute approximate surface area is 118 Å². The van der Waals surface area contributed by atoms with Gasteiger partial charge in [0.15, 0.2) is 5.82 Å². The first-order valence-electron chi connectivity index (χ1n) is 7.03. The van der Waals surface area contributed by atoms with Gasteiger partial charge in [-0.15, -0.1) is 0 Å². The predicted octanol–water partition coefficient (Wildman–Crippen LogP) is 2.08. The van der Waals surface area contributed by atoms with Crippen molar-refractivity contribution < 1.29 is 9.53 Å². The van der Waals surface area contributed by atoms with Crippen LogP contribution in [0.5, 0.6) is 0 Å². The van der Waals surface area contributed by atoms with Gasteiger partial charge in [0.05, 0.1) is 31.2 Å². The van der Waals surface area contributed by atoms with E-state index in [2.05, 4.69) is 23.4 Å². The molecule has 0 aliphatic carbocycles. The van der Waals surface area contributed by atoms with Crippen molar-refractivity contribution in [3.05, 3.63) is 12.3 Å². The maximum atomic E-state index is 11.8. The van der Waals surface area contributed by atoms with Crippen molar-refractivity contribution in [2.45, 2.75) is 57.8 Å². The second kappa shape index (κ2) is 7.06. The molecule has 1 N–H and O–H groups in total. The third-order valence-electron chi connectivity index (χ3n) is 3.37. The van der Waals surface area contributed by atoms with Gasteiger partial charge < -0.3 is 10.1 Å². The van der Waals surface area contributed by atoms with Crippen molar-refractivity contribution in [3.8, 4) is 6.07 Å². The van der Waals surface area contributed by atoms with Crippen LogP contribution in [0.1, 0.15) is 39.0 Å². The van der Waals surface area contributed by atoms with E-state index >= 15 is 0 Å². The van der Waals surface area contributed by atoms with Crippen molar-refractivity contribution in [1.82, 2.24) is 9.78 Å². The Kier molecular flexibility index (Phi) is 5.13. The average molecular weight is 276 g/mol. The quantitative estimate of drug-likeness (QED) is 0.862. The minimum atomic E-state index is -0.0429. The Morgan fingerprint density at radius 3 is 3.20 bits per heavy atom. The monoisotopic (exact) mass is 276 g/mol. The molecular formula is C14H20N4O2. The van der Waals surface area contributed by atoms with E-state index < -0.39 is 0 Å². The predicted molar refractivity (Wildman–Crippen MR) is 73.9 cm³/mol. The highest BCUT2D eigenvalue weighted by molar-refractivity contribution is 5.89. The Bertz CT molecular complexity index is 492. The molecule has 2 rings (SSSR count). The largest absolute Gasteiger partial charge is 0.375 e. The summed E-state index contributed by atoms with van der Waals surface area (Å²) in [6.45, 7) is 2.61. The fraction of sp³-hybridized carbons (Fsp3) is 0.643. The zero-order chi connectivity index (χ0) is 14.4. The van der Waals surface area contributed by atoms with E-state index in [1.165, 1.54) is 0 Å². The van der Waals surface area contributed by atoms with E-state index in [1.807, 2.05) is 0 Å².